The zero-order valence-electron chi connectivity index (χ0n) is 14.2. The summed E-state index contributed by atoms with van der Waals surface area (Å²) < 4.78 is 24.4. The molecule has 0 spiro atoms. The van der Waals surface area contributed by atoms with E-state index in [0.717, 1.165) is 12.8 Å². The van der Waals surface area contributed by atoms with Crippen LogP contribution in [0.15, 0.2) is 30.3 Å². The van der Waals surface area contributed by atoms with Crippen LogP contribution in [0.4, 0.5) is 4.39 Å². The predicted octanol–water partition coefficient (Wildman–Crippen LogP) is 2.77. The van der Waals surface area contributed by atoms with Crippen molar-refractivity contribution < 1.29 is 18.7 Å². The van der Waals surface area contributed by atoms with Gasteiger partial charge >= 0.3 is 0 Å². The number of rotatable bonds is 6. The Morgan fingerprint density at radius 2 is 2.16 bits per heavy atom. The smallest absolute Gasteiger partial charge is 0.274 e. The van der Waals surface area contributed by atoms with E-state index in [1.165, 1.54) is 6.07 Å². The lowest BCUT2D eigenvalue weighted by atomic mass is 10.1. The first-order valence-electron chi connectivity index (χ1n) is 8.49. The molecular formula is C18H22FN3O3. The van der Waals surface area contributed by atoms with Crippen LogP contribution in [0.5, 0.6) is 5.75 Å². The van der Waals surface area contributed by atoms with Gasteiger partial charge in [-0.05, 0) is 38.0 Å². The van der Waals surface area contributed by atoms with Crippen molar-refractivity contribution in [2.45, 2.75) is 32.4 Å². The first-order valence-corrected chi connectivity index (χ1v) is 8.49. The van der Waals surface area contributed by atoms with E-state index >= 15 is 0 Å². The predicted molar refractivity (Wildman–Crippen MR) is 89.9 cm³/mol. The number of ether oxygens (including phenoxy) is 2. The molecular weight excluding hydrogens is 325 g/mol. The van der Waals surface area contributed by atoms with Crippen molar-refractivity contribution in [1.82, 2.24) is 15.1 Å². The second-order valence-corrected chi connectivity index (χ2v) is 5.93. The summed E-state index contributed by atoms with van der Waals surface area (Å²) in [5.74, 6) is -0.361. The minimum Gasteiger partial charge on any atom is -0.484 e. The summed E-state index contributed by atoms with van der Waals surface area (Å²) in [5, 5.41) is 6.88. The van der Waals surface area contributed by atoms with Gasteiger partial charge in [-0.1, -0.05) is 12.1 Å². The lowest BCUT2D eigenvalue weighted by molar-refractivity contribution is 0.0302. The first-order chi connectivity index (χ1) is 12.2. The second-order valence-electron chi connectivity index (χ2n) is 5.93. The summed E-state index contributed by atoms with van der Waals surface area (Å²) in [6, 6.07) is 8.04. The summed E-state index contributed by atoms with van der Waals surface area (Å²) in [7, 11) is 0. The van der Waals surface area contributed by atoms with Crippen molar-refractivity contribution in [3.05, 3.63) is 47.5 Å². The van der Waals surface area contributed by atoms with Gasteiger partial charge in [0.2, 0.25) is 0 Å². The number of halogens is 1. The van der Waals surface area contributed by atoms with Crippen LogP contribution in [0, 0.1) is 5.82 Å². The number of nitrogens with zero attached hydrogens (tertiary/aromatic N) is 2. The van der Waals surface area contributed by atoms with E-state index in [0.29, 0.717) is 31.1 Å². The number of para-hydroxylation sites is 1. The molecule has 25 heavy (non-hydrogen) atoms. The van der Waals surface area contributed by atoms with E-state index < -0.39 is 5.82 Å². The molecule has 0 bridgehead atoms. The van der Waals surface area contributed by atoms with Crippen molar-refractivity contribution in [2.75, 3.05) is 19.8 Å². The number of H-pyrrole nitrogens is 1. The zero-order chi connectivity index (χ0) is 17.6. The molecule has 1 aliphatic rings. The second kappa shape index (κ2) is 8.11. The summed E-state index contributed by atoms with van der Waals surface area (Å²) in [4.78, 5) is 14.6. The first kappa shape index (κ1) is 17.4. The van der Waals surface area contributed by atoms with Gasteiger partial charge in [0.25, 0.3) is 5.91 Å². The summed E-state index contributed by atoms with van der Waals surface area (Å²) >= 11 is 0. The molecule has 2 heterocycles. The molecule has 0 atom stereocenters. The third-order valence-corrected chi connectivity index (χ3v) is 4.30. The number of carbonyl (C=O) groups excluding carboxylic acids is 1. The van der Waals surface area contributed by atoms with Gasteiger partial charge in [0, 0.05) is 25.8 Å². The van der Waals surface area contributed by atoms with Crippen molar-refractivity contribution in [3.63, 3.8) is 0 Å². The average Bonchev–Trinajstić information content (AvgIpc) is 3.11. The van der Waals surface area contributed by atoms with Gasteiger partial charge < -0.3 is 14.4 Å². The lowest BCUT2D eigenvalue weighted by Crippen LogP contribution is -2.43. The number of amides is 1. The molecule has 1 fully saturated rings. The molecule has 0 aliphatic carbocycles. The van der Waals surface area contributed by atoms with Gasteiger partial charge in [-0.2, -0.15) is 5.10 Å². The van der Waals surface area contributed by atoms with Crippen LogP contribution in [-0.2, 0) is 11.3 Å². The average molecular weight is 347 g/mol. The Labute approximate surface area is 145 Å². The van der Waals surface area contributed by atoms with Gasteiger partial charge in [-0.3, -0.25) is 9.89 Å². The van der Waals surface area contributed by atoms with Gasteiger partial charge in [0.1, 0.15) is 6.61 Å². The molecule has 1 aliphatic heterocycles. The molecule has 134 valence electrons. The molecule has 3 rings (SSSR count). The van der Waals surface area contributed by atoms with E-state index in [9.17, 15) is 9.18 Å². The van der Waals surface area contributed by atoms with Gasteiger partial charge in [0.15, 0.2) is 17.3 Å². The highest BCUT2D eigenvalue weighted by atomic mass is 19.1. The minimum absolute atomic E-state index is 0.109. The number of hydrogen-bond donors (Lipinski definition) is 1. The maximum absolute atomic E-state index is 13.6. The van der Waals surface area contributed by atoms with Gasteiger partial charge in [-0.25, -0.2) is 4.39 Å². The maximum atomic E-state index is 13.6. The third kappa shape index (κ3) is 4.17. The van der Waals surface area contributed by atoms with Crippen LogP contribution in [0.25, 0.3) is 0 Å². The quantitative estimate of drug-likeness (QED) is 0.872. The highest BCUT2D eigenvalue weighted by Crippen LogP contribution is 2.19. The van der Waals surface area contributed by atoms with E-state index in [-0.39, 0.29) is 24.3 Å². The number of aromatic amines is 1. The van der Waals surface area contributed by atoms with Crippen LogP contribution in [0.3, 0.4) is 0 Å². The number of hydrogen-bond acceptors (Lipinski definition) is 4. The summed E-state index contributed by atoms with van der Waals surface area (Å²) in [6.45, 7) is 4.05. The highest BCUT2D eigenvalue weighted by molar-refractivity contribution is 5.92. The van der Waals surface area contributed by atoms with E-state index in [2.05, 4.69) is 10.2 Å². The van der Waals surface area contributed by atoms with Crippen molar-refractivity contribution >= 4 is 5.91 Å². The van der Waals surface area contributed by atoms with Gasteiger partial charge in [0.05, 0.1) is 5.69 Å². The van der Waals surface area contributed by atoms with Gasteiger partial charge in [-0.15, -0.1) is 0 Å². The Kier molecular flexibility index (Phi) is 5.65. The summed E-state index contributed by atoms with van der Waals surface area (Å²) in [6.07, 6.45) is 1.68. The largest absolute Gasteiger partial charge is 0.484 e. The Morgan fingerprint density at radius 1 is 1.40 bits per heavy atom. The maximum Gasteiger partial charge on any atom is 0.274 e. The Balaban J connectivity index is 1.63. The van der Waals surface area contributed by atoms with Crippen LogP contribution >= 0.6 is 0 Å². The van der Waals surface area contributed by atoms with Crippen molar-refractivity contribution in [1.29, 1.82) is 0 Å². The monoisotopic (exact) mass is 347 g/mol. The molecule has 1 N–H and O–H groups in total. The molecule has 1 saturated heterocycles. The third-order valence-electron chi connectivity index (χ3n) is 4.30. The molecule has 1 aromatic carbocycles. The fraction of sp³-hybridized carbons (Fsp3) is 0.444. The number of nitrogens with one attached hydrogen (secondary N) is 1. The molecule has 0 saturated carbocycles. The molecule has 6 nitrogen and oxygen atoms in total. The summed E-state index contributed by atoms with van der Waals surface area (Å²) in [5.41, 5.74) is 0.968. The molecule has 7 heteroatoms. The minimum atomic E-state index is -0.421. The van der Waals surface area contributed by atoms with Crippen LogP contribution in [-0.4, -0.2) is 46.8 Å². The molecule has 0 unspecified atom stereocenters. The number of carbonyl (C=O) groups is 1. The normalized spacial score (nSPS) is 15.1. The van der Waals surface area contributed by atoms with Crippen LogP contribution < -0.4 is 4.74 Å². The number of aromatic nitrogens is 2. The van der Waals surface area contributed by atoms with Crippen molar-refractivity contribution in [3.8, 4) is 5.75 Å². The van der Waals surface area contributed by atoms with E-state index in [4.69, 9.17) is 9.47 Å². The van der Waals surface area contributed by atoms with Crippen LogP contribution in [0.2, 0.25) is 0 Å². The molecule has 1 amide bonds. The standard InChI is InChI=1S/C18H22FN3O3/c1-2-22(14-7-9-24-10-8-14)18(23)16-11-13(20-21-16)12-25-17-6-4-3-5-15(17)19/h3-6,11,14H,2,7-10,12H2,1H3,(H,20,21). The SMILES string of the molecule is CCN(C(=O)c1cc(COc2ccccc2F)[nH]n1)C1CCOCC1. The Hall–Kier alpha value is -2.41. The molecule has 0 radical (unpaired) electrons. The lowest BCUT2D eigenvalue weighted by Gasteiger charge is -2.33. The molecule has 2 aromatic rings. The van der Waals surface area contributed by atoms with E-state index in [1.807, 2.05) is 11.8 Å². The topological polar surface area (TPSA) is 67.5 Å². The fourth-order valence-electron chi connectivity index (χ4n) is 2.97. The Morgan fingerprint density at radius 3 is 2.88 bits per heavy atom. The Bertz CT molecular complexity index is 713. The zero-order valence-corrected chi connectivity index (χ0v) is 14.2. The fourth-order valence-corrected chi connectivity index (χ4v) is 2.97. The van der Waals surface area contributed by atoms with Crippen molar-refractivity contribution in [2.24, 2.45) is 0 Å². The highest BCUT2D eigenvalue weighted by Gasteiger charge is 2.26. The number of benzene rings is 1. The molecule has 1 aromatic heterocycles. The van der Waals surface area contributed by atoms with E-state index in [1.54, 1.807) is 24.3 Å². The van der Waals surface area contributed by atoms with Crippen LogP contribution in [0.1, 0.15) is 35.9 Å².